The first-order chi connectivity index (χ1) is 10.8. The summed E-state index contributed by atoms with van der Waals surface area (Å²) in [4.78, 5) is 0. The molecule has 1 saturated carbocycles. The van der Waals surface area contributed by atoms with Crippen molar-refractivity contribution < 1.29 is 4.74 Å². The number of nitrogens with one attached hydrogen (secondary N) is 2. The fourth-order valence-corrected chi connectivity index (χ4v) is 4.32. The van der Waals surface area contributed by atoms with Gasteiger partial charge in [-0.1, -0.05) is 35.7 Å². The summed E-state index contributed by atoms with van der Waals surface area (Å²) in [7, 11) is 0. The lowest BCUT2D eigenvalue weighted by Gasteiger charge is -2.33. The van der Waals surface area contributed by atoms with E-state index in [9.17, 15) is 0 Å². The SMILES string of the molecule is Clc1cccc(Cl)c1CCNC1CCCC1C1COCCN1. The summed E-state index contributed by atoms with van der Waals surface area (Å²) in [5.74, 6) is 0.669. The van der Waals surface area contributed by atoms with Crippen LogP contribution in [-0.4, -0.2) is 38.4 Å². The maximum Gasteiger partial charge on any atom is 0.0623 e. The average Bonchev–Trinajstić information content (AvgIpc) is 2.99. The zero-order valence-electron chi connectivity index (χ0n) is 12.8. The summed E-state index contributed by atoms with van der Waals surface area (Å²) < 4.78 is 5.62. The van der Waals surface area contributed by atoms with Gasteiger partial charge in [0.05, 0.1) is 13.2 Å². The van der Waals surface area contributed by atoms with Crippen LogP contribution in [0.15, 0.2) is 18.2 Å². The first-order valence-corrected chi connectivity index (χ1v) is 8.98. The molecule has 2 N–H and O–H groups in total. The van der Waals surface area contributed by atoms with Crippen LogP contribution in [0.3, 0.4) is 0 Å². The molecule has 22 heavy (non-hydrogen) atoms. The van der Waals surface area contributed by atoms with Crippen LogP contribution in [0.4, 0.5) is 0 Å². The van der Waals surface area contributed by atoms with Crippen molar-refractivity contribution in [1.82, 2.24) is 10.6 Å². The monoisotopic (exact) mass is 342 g/mol. The van der Waals surface area contributed by atoms with E-state index in [0.29, 0.717) is 18.0 Å². The summed E-state index contributed by atoms with van der Waals surface area (Å²) in [5.41, 5.74) is 1.05. The molecule has 1 aliphatic carbocycles. The molecule has 3 nitrogen and oxygen atoms in total. The Morgan fingerprint density at radius 1 is 1.23 bits per heavy atom. The highest BCUT2D eigenvalue weighted by Crippen LogP contribution is 2.30. The molecule has 2 fully saturated rings. The van der Waals surface area contributed by atoms with Gasteiger partial charge >= 0.3 is 0 Å². The number of hydrogen-bond donors (Lipinski definition) is 2. The minimum atomic E-state index is 0.498. The van der Waals surface area contributed by atoms with Gasteiger partial charge in [-0.05, 0) is 49.4 Å². The smallest absolute Gasteiger partial charge is 0.0623 e. The van der Waals surface area contributed by atoms with Gasteiger partial charge in [0.2, 0.25) is 0 Å². The molecule has 0 spiro atoms. The number of rotatable bonds is 5. The third kappa shape index (κ3) is 3.95. The molecule has 1 aromatic rings. The largest absolute Gasteiger partial charge is 0.379 e. The number of hydrogen-bond acceptors (Lipinski definition) is 3. The summed E-state index contributed by atoms with van der Waals surface area (Å²) in [6.45, 7) is 3.58. The van der Waals surface area contributed by atoms with Crippen LogP contribution in [0.2, 0.25) is 10.0 Å². The quantitative estimate of drug-likeness (QED) is 0.861. The number of morpholine rings is 1. The zero-order valence-corrected chi connectivity index (χ0v) is 14.3. The van der Waals surface area contributed by atoms with Crippen LogP contribution in [0.25, 0.3) is 0 Å². The Morgan fingerprint density at radius 3 is 2.77 bits per heavy atom. The van der Waals surface area contributed by atoms with Crippen LogP contribution in [-0.2, 0) is 11.2 Å². The molecule has 122 valence electrons. The standard InChI is InChI=1S/C17H24Cl2N2O/c18-14-4-2-5-15(19)12(14)7-8-20-16-6-1-3-13(16)17-11-22-10-9-21-17/h2,4-5,13,16-17,20-21H,1,3,6-11H2. The van der Waals surface area contributed by atoms with Crippen molar-refractivity contribution in [2.75, 3.05) is 26.3 Å². The molecular weight excluding hydrogens is 319 g/mol. The van der Waals surface area contributed by atoms with Gasteiger partial charge in [0, 0.05) is 28.7 Å². The van der Waals surface area contributed by atoms with Crippen LogP contribution < -0.4 is 10.6 Å². The maximum atomic E-state index is 6.24. The molecule has 0 amide bonds. The van der Waals surface area contributed by atoms with E-state index in [-0.39, 0.29) is 0 Å². The Morgan fingerprint density at radius 2 is 2.05 bits per heavy atom. The van der Waals surface area contributed by atoms with Crippen molar-refractivity contribution in [3.63, 3.8) is 0 Å². The topological polar surface area (TPSA) is 33.3 Å². The summed E-state index contributed by atoms with van der Waals surface area (Å²) >= 11 is 12.5. The van der Waals surface area contributed by atoms with Crippen molar-refractivity contribution in [1.29, 1.82) is 0 Å². The molecule has 1 aromatic carbocycles. The molecule has 1 heterocycles. The lowest BCUT2D eigenvalue weighted by atomic mass is 9.94. The molecule has 1 saturated heterocycles. The van der Waals surface area contributed by atoms with Gasteiger partial charge in [-0.15, -0.1) is 0 Å². The second kappa shape index (κ2) is 7.98. The minimum absolute atomic E-state index is 0.498. The molecule has 0 aromatic heterocycles. The summed E-state index contributed by atoms with van der Waals surface area (Å²) in [5, 5.41) is 8.86. The number of benzene rings is 1. The highest BCUT2D eigenvalue weighted by atomic mass is 35.5. The van der Waals surface area contributed by atoms with E-state index in [4.69, 9.17) is 27.9 Å². The van der Waals surface area contributed by atoms with E-state index in [1.807, 2.05) is 18.2 Å². The minimum Gasteiger partial charge on any atom is -0.379 e. The Hall–Kier alpha value is -0.320. The molecular formula is C17H24Cl2N2O. The third-order valence-electron chi connectivity index (χ3n) is 4.88. The Bertz CT molecular complexity index is 471. The van der Waals surface area contributed by atoms with Crippen LogP contribution >= 0.6 is 23.2 Å². The van der Waals surface area contributed by atoms with Gasteiger partial charge in [0.1, 0.15) is 0 Å². The van der Waals surface area contributed by atoms with Crippen LogP contribution in [0.5, 0.6) is 0 Å². The van der Waals surface area contributed by atoms with Gasteiger partial charge in [-0.2, -0.15) is 0 Å². The van der Waals surface area contributed by atoms with Crippen molar-refractivity contribution in [2.45, 2.75) is 37.8 Å². The Kier molecular flexibility index (Phi) is 6.00. The molecule has 3 atom stereocenters. The molecule has 2 aliphatic rings. The average molecular weight is 343 g/mol. The Labute approximate surface area is 142 Å². The fourth-order valence-electron chi connectivity index (χ4n) is 3.74. The normalized spacial score (nSPS) is 28.9. The first-order valence-electron chi connectivity index (χ1n) is 8.23. The second-order valence-corrected chi connectivity index (χ2v) is 7.06. The molecule has 3 rings (SSSR count). The number of ether oxygens (including phenoxy) is 1. The Balaban J connectivity index is 1.52. The predicted octanol–water partition coefficient (Wildman–Crippen LogP) is 3.28. The predicted molar refractivity (Wildman–Crippen MR) is 91.9 cm³/mol. The molecule has 0 bridgehead atoms. The summed E-state index contributed by atoms with van der Waals surface area (Å²) in [6.07, 6.45) is 4.70. The van der Waals surface area contributed by atoms with Gasteiger partial charge in [-0.3, -0.25) is 0 Å². The van der Waals surface area contributed by atoms with E-state index in [2.05, 4.69) is 10.6 Å². The van der Waals surface area contributed by atoms with Crippen molar-refractivity contribution in [2.24, 2.45) is 5.92 Å². The van der Waals surface area contributed by atoms with E-state index >= 15 is 0 Å². The van der Waals surface area contributed by atoms with Crippen LogP contribution in [0.1, 0.15) is 24.8 Å². The lowest BCUT2D eigenvalue weighted by molar-refractivity contribution is 0.0526. The third-order valence-corrected chi connectivity index (χ3v) is 5.59. The van der Waals surface area contributed by atoms with E-state index in [1.54, 1.807) is 0 Å². The zero-order chi connectivity index (χ0) is 15.4. The molecule has 0 radical (unpaired) electrons. The highest BCUT2D eigenvalue weighted by Gasteiger charge is 2.34. The van der Waals surface area contributed by atoms with Crippen molar-refractivity contribution >= 4 is 23.2 Å². The molecule has 5 heteroatoms. The fraction of sp³-hybridized carbons (Fsp3) is 0.647. The first kappa shape index (κ1) is 16.5. The summed E-state index contributed by atoms with van der Waals surface area (Å²) in [6, 6.07) is 6.77. The van der Waals surface area contributed by atoms with Crippen molar-refractivity contribution in [3.8, 4) is 0 Å². The van der Waals surface area contributed by atoms with Gasteiger partial charge in [0.25, 0.3) is 0 Å². The lowest BCUT2D eigenvalue weighted by Crippen LogP contribution is -2.51. The number of halogens is 2. The van der Waals surface area contributed by atoms with Crippen molar-refractivity contribution in [3.05, 3.63) is 33.8 Å². The van der Waals surface area contributed by atoms with Gasteiger partial charge in [-0.25, -0.2) is 0 Å². The second-order valence-electron chi connectivity index (χ2n) is 6.24. The van der Waals surface area contributed by atoms with E-state index in [0.717, 1.165) is 48.3 Å². The molecule has 3 unspecified atom stereocenters. The van der Waals surface area contributed by atoms with Crippen LogP contribution in [0, 0.1) is 5.92 Å². The van der Waals surface area contributed by atoms with E-state index < -0.39 is 0 Å². The molecule has 1 aliphatic heterocycles. The van der Waals surface area contributed by atoms with Gasteiger partial charge in [0.15, 0.2) is 0 Å². The van der Waals surface area contributed by atoms with E-state index in [1.165, 1.54) is 19.3 Å². The highest BCUT2D eigenvalue weighted by molar-refractivity contribution is 6.35. The van der Waals surface area contributed by atoms with Gasteiger partial charge < -0.3 is 15.4 Å². The maximum absolute atomic E-state index is 6.24.